The smallest absolute Gasteiger partial charge is 0.257 e. The van der Waals surface area contributed by atoms with Gasteiger partial charge in [-0.1, -0.05) is 0 Å². The van der Waals surface area contributed by atoms with Crippen molar-refractivity contribution >= 4 is 21.8 Å². The number of nitrogens with zero attached hydrogens (tertiary/aromatic N) is 1. The van der Waals surface area contributed by atoms with E-state index < -0.39 is 10.0 Å². The summed E-state index contributed by atoms with van der Waals surface area (Å²) in [7, 11) is -3.52. The highest BCUT2D eigenvalue weighted by molar-refractivity contribution is 8.00. The first kappa shape index (κ1) is 12.9. The molecular formula is C9H16N4O2S2. The molecule has 1 aromatic heterocycles. The highest BCUT2D eigenvalue weighted by atomic mass is 32.2. The van der Waals surface area contributed by atoms with Gasteiger partial charge in [0.25, 0.3) is 10.0 Å². The molecular weight excluding hydrogens is 260 g/mol. The fourth-order valence-electron chi connectivity index (χ4n) is 1.57. The van der Waals surface area contributed by atoms with E-state index >= 15 is 0 Å². The second-order valence-corrected chi connectivity index (χ2v) is 7.12. The molecule has 1 saturated carbocycles. The van der Waals surface area contributed by atoms with Crippen molar-refractivity contribution in [2.45, 2.75) is 29.2 Å². The third-order valence-electron chi connectivity index (χ3n) is 2.99. The molecule has 0 bridgehead atoms. The molecule has 0 unspecified atom stereocenters. The average molecular weight is 276 g/mol. The molecule has 0 atom stereocenters. The van der Waals surface area contributed by atoms with Crippen LogP contribution in [-0.4, -0.2) is 36.2 Å². The Morgan fingerprint density at radius 1 is 1.65 bits per heavy atom. The summed E-state index contributed by atoms with van der Waals surface area (Å²) in [6, 6.07) is 0. The third-order valence-corrected chi connectivity index (χ3v) is 5.83. The molecule has 0 aliphatic heterocycles. The normalized spacial score (nSPS) is 18.2. The van der Waals surface area contributed by atoms with Crippen molar-refractivity contribution in [1.29, 1.82) is 0 Å². The molecule has 8 heteroatoms. The number of rotatable bonds is 6. The van der Waals surface area contributed by atoms with Crippen molar-refractivity contribution in [3.8, 4) is 0 Å². The Morgan fingerprint density at radius 3 is 2.88 bits per heavy atom. The van der Waals surface area contributed by atoms with Crippen LogP contribution in [0.25, 0.3) is 0 Å². The van der Waals surface area contributed by atoms with Crippen LogP contribution in [0.1, 0.15) is 18.4 Å². The molecule has 1 aliphatic rings. The fourth-order valence-corrected chi connectivity index (χ4v) is 3.65. The van der Waals surface area contributed by atoms with E-state index in [1.807, 2.05) is 6.26 Å². The van der Waals surface area contributed by atoms with E-state index in [2.05, 4.69) is 14.9 Å². The van der Waals surface area contributed by atoms with Gasteiger partial charge in [-0.3, -0.25) is 5.10 Å². The second-order valence-electron chi connectivity index (χ2n) is 4.14. The van der Waals surface area contributed by atoms with Gasteiger partial charge in [0.15, 0.2) is 5.03 Å². The largest absolute Gasteiger partial charge is 0.326 e. The molecule has 1 heterocycles. The molecule has 0 radical (unpaired) electrons. The quantitative estimate of drug-likeness (QED) is 0.681. The number of hydrogen-bond acceptors (Lipinski definition) is 5. The summed E-state index contributed by atoms with van der Waals surface area (Å²) in [5, 5.41) is 6.27. The van der Waals surface area contributed by atoms with E-state index in [4.69, 9.17) is 5.73 Å². The van der Waals surface area contributed by atoms with Gasteiger partial charge in [0.2, 0.25) is 0 Å². The van der Waals surface area contributed by atoms with Crippen molar-refractivity contribution in [2.24, 2.45) is 5.73 Å². The summed E-state index contributed by atoms with van der Waals surface area (Å²) in [4.78, 5) is 0. The van der Waals surface area contributed by atoms with Crippen LogP contribution in [0.15, 0.2) is 11.2 Å². The van der Waals surface area contributed by atoms with Gasteiger partial charge in [0.05, 0.1) is 6.20 Å². The van der Waals surface area contributed by atoms with Gasteiger partial charge >= 0.3 is 0 Å². The van der Waals surface area contributed by atoms with Crippen LogP contribution in [0.2, 0.25) is 0 Å². The Hall–Kier alpha value is -0.570. The predicted molar refractivity (Wildman–Crippen MR) is 67.1 cm³/mol. The van der Waals surface area contributed by atoms with E-state index in [0.717, 1.165) is 12.8 Å². The molecule has 17 heavy (non-hydrogen) atoms. The zero-order valence-corrected chi connectivity index (χ0v) is 11.2. The summed E-state index contributed by atoms with van der Waals surface area (Å²) in [6.45, 7) is 0.611. The van der Waals surface area contributed by atoms with E-state index in [1.165, 1.54) is 6.20 Å². The van der Waals surface area contributed by atoms with Crippen molar-refractivity contribution in [3.05, 3.63) is 11.8 Å². The number of thioether (sulfide) groups is 1. The number of aromatic amines is 1. The van der Waals surface area contributed by atoms with Gasteiger partial charge in [0.1, 0.15) is 0 Å². The van der Waals surface area contributed by atoms with Crippen LogP contribution >= 0.6 is 11.8 Å². The van der Waals surface area contributed by atoms with Gasteiger partial charge in [0, 0.05) is 23.4 Å². The summed E-state index contributed by atoms with van der Waals surface area (Å²) in [5.74, 6) is 0. The first-order valence-corrected chi connectivity index (χ1v) is 8.01. The molecule has 0 amide bonds. The zero-order chi connectivity index (χ0) is 12.5. The third kappa shape index (κ3) is 2.65. The molecule has 4 N–H and O–H groups in total. The Kier molecular flexibility index (Phi) is 3.48. The molecule has 1 aromatic rings. The lowest BCUT2D eigenvalue weighted by atomic mass is 10.4. The number of nitrogens with two attached hydrogens (primary N) is 1. The lowest BCUT2D eigenvalue weighted by Gasteiger charge is -2.13. The summed E-state index contributed by atoms with van der Waals surface area (Å²) in [6.07, 6.45) is 5.56. The van der Waals surface area contributed by atoms with Crippen molar-refractivity contribution in [1.82, 2.24) is 14.9 Å². The van der Waals surface area contributed by atoms with Crippen LogP contribution < -0.4 is 10.5 Å². The number of nitrogens with one attached hydrogen (secondary N) is 2. The summed E-state index contributed by atoms with van der Waals surface area (Å²) < 4.78 is 26.7. The van der Waals surface area contributed by atoms with Crippen molar-refractivity contribution < 1.29 is 8.42 Å². The Balaban J connectivity index is 2.09. The monoisotopic (exact) mass is 276 g/mol. The number of hydrogen-bond donors (Lipinski definition) is 3. The average Bonchev–Trinajstić information content (AvgIpc) is 2.93. The molecule has 6 nitrogen and oxygen atoms in total. The van der Waals surface area contributed by atoms with E-state index in [9.17, 15) is 8.42 Å². The molecule has 2 rings (SSSR count). The Bertz CT molecular complexity index is 493. The van der Waals surface area contributed by atoms with Crippen LogP contribution in [-0.2, 0) is 16.6 Å². The summed E-state index contributed by atoms with van der Waals surface area (Å²) >= 11 is 1.71. The van der Waals surface area contributed by atoms with E-state index in [1.54, 1.807) is 11.8 Å². The molecule has 1 fully saturated rings. The minimum atomic E-state index is -3.52. The second kappa shape index (κ2) is 4.60. The molecule has 0 saturated heterocycles. The van der Waals surface area contributed by atoms with Crippen LogP contribution in [0.4, 0.5) is 0 Å². The number of sulfonamides is 1. The number of H-pyrrole nitrogens is 1. The van der Waals surface area contributed by atoms with Crippen molar-refractivity contribution in [3.63, 3.8) is 0 Å². The highest BCUT2D eigenvalue weighted by Gasteiger charge is 2.42. The minimum absolute atomic E-state index is 0.0805. The van der Waals surface area contributed by atoms with Crippen LogP contribution in [0.3, 0.4) is 0 Å². The first-order valence-electron chi connectivity index (χ1n) is 5.30. The van der Waals surface area contributed by atoms with E-state index in [-0.39, 0.29) is 16.3 Å². The standard InChI is InChI=1S/C9H16N4O2S2/c1-16-9(2-3-9)6-12-17(14,15)8-7(4-10)5-11-13-8/h5,12H,2-4,6,10H2,1H3,(H,11,13). The lowest BCUT2D eigenvalue weighted by molar-refractivity contribution is 0.574. The highest BCUT2D eigenvalue weighted by Crippen LogP contribution is 2.46. The molecule has 0 aromatic carbocycles. The maximum absolute atomic E-state index is 12.0. The number of aromatic nitrogens is 2. The first-order chi connectivity index (χ1) is 8.03. The zero-order valence-electron chi connectivity index (χ0n) is 9.56. The minimum Gasteiger partial charge on any atom is -0.326 e. The Labute approximate surface area is 105 Å². The molecule has 1 aliphatic carbocycles. The Morgan fingerprint density at radius 2 is 2.35 bits per heavy atom. The van der Waals surface area contributed by atoms with Crippen LogP contribution in [0.5, 0.6) is 0 Å². The SMILES string of the molecule is CSC1(CNS(=O)(=O)c2[nH]ncc2CN)CC1. The maximum Gasteiger partial charge on any atom is 0.257 e. The molecule has 96 valence electrons. The molecule has 0 spiro atoms. The van der Waals surface area contributed by atoms with Gasteiger partial charge in [-0.2, -0.15) is 16.9 Å². The van der Waals surface area contributed by atoms with Gasteiger partial charge in [-0.15, -0.1) is 0 Å². The van der Waals surface area contributed by atoms with Crippen molar-refractivity contribution in [2.75, 3.05) is 12.8 Å². The van der Waals surface area contributed by atoms with Crippen LogP contribution in [0, 0.1) is 0 Å². The van der Waals surface area contributed by atoms with E-state index in [0.29, 0.717) is 12.1 Å². The maximum atomic E-state index is 12.0. The van der Waals surface area contributed by atoms with Gasteiger partial charge in [-0.25, -0.2) is 13.1 Å². The van der Waals surface area contributed by atoms with Gasteiger partial charge < -0.3 is 5.73 Å². The predicted octanol–water partition coefficient (Wildman–Crippen LogP) is 0.0423. The van der Waals surface area contributed by atoms with Gasteiger partial charge in [-0.05, 0) is 19.1 Å². The topological polar surface area (TPSA) is 101 Å². The fraction of sp³-hybridized carbons (Fsp3) is 0.667. The lowest BCUT2D eigenvalue weighted by Crippen LogP contribution is -2.32. The summed E-state index contributed by atoms with van der Waals surface area (Å²) in [5.41, 5.74) is 5.96.